The third-order valence-electron chi connectivity index (χ3n) is 5.34. The SMILES string of the molecule is O=C(N[C@@H]1CC=CCC1)[C@H]1CC=CC[C@H]1C(=O)N[C@@H]1CC=CCC1. The van der Waals surface area contributed by atoms with Gasteiger partial charge in [-0.25, -0.2) is 0 Å². The minimum absolute atomic E-state index is 0.0448. The molecule has 0 radical (unpaired) electrons. The van der Waals surface area contributed by atoms with Crippen LogP contribution >= 0.6 is 0 Å². The van der Waals surface area contributed by atoms with E-state index in [9.17, 15) is 9.59 Å². The van der Waals surface area contributed by atoms with Crippen LogP contribution in [0.2, 0.25) is 0 Å². The molecule has 3 aliphatic rings. The molecule has 0 fully saturated rings. The molecule has 3 aliphatic carbocycles. The summed E-state index contributed by atoms with van der Waals surface area (Å²) in [6, 6.07) is 0.446. The van der Waals surface area contributed by atoms with E-state index in [0.29, 0.717) is 12.8 Å². The van der Waals surface area contributed by atoms with Crippen LogP contribution in [0.25, 0.3) is 0 Å². The summed E-state index contributed by atoms with van der Waals surface area (Å²) in [6.07, 6.45) is 19.9. The average molecular weight is 328 g/mol. The van der Waals surface area contributed by atoms with Crippen LogP contribution in [0.15, 0.2) is 36.5 Å². The molecule has 0 aromatic rings. The molecule has 0 saturated heterocycles. The normalized spacial score (nSPS) is 32.3. The van der Waals surface area contributed by atoms with E-state index in [0.717, 1.165) is 38.5 Å². The van der Waals surface area contributed by atoms with Crippen molar-refractivity contribution in [2.45, 2.75) is 63.5 Å². The Hall–Kier alpha value is -1.84. The third-order valence-corrected chi connectivity index (χ3v) is 5.34. The van der Waals surface area contributed by atoms with Gasteiger partial charge in [-0.05, 0) is 51.4 Å². The van der Waals surface area contributed by atoms with Gasteiger partial charge in [0.25, 0.3) is 0 Å². The van der Waals surface area contributed by atoms with Gasteiger partial charge in [0, 0.05) is 12.1 Å². The molecule has 0 unspecified atom stereocenters. The number of hydrogen-bond acceptors (Lipinski definition) is 2. The fourth-order valence-electron chi connectivity index (χ4n) is 3.86. The summed E-state index contributed by atoms with van der Waals surface area (Å²) in [7, 11) is 0. The number of amides is 2. The van der Waals surface area contributed by atoms with Crippen LogP contribution in [0.4, 0.5) is 0 Å². The second kappa shape index (κ2) is 8.32. The minimum atomic E-state index is -0.236. The average Bonchev–Trinajstić information content (AvgIpc) is 2.63. The molecule has 0 spiro atoms. The monoisotopic (exact) mass is 328 g/mol. The molecular weight excluding hydrogens is 300 g/mol. The van der Waals surface area contributed by atoms with E-state index in [2.05, 4.69) is 34.9 Å². The molecule has 3 rings (SSSR count). The van der Waals surface area contributed by atoms with Crippen LogP contribution < -0.4 is 10.6 Å². The van der Waals surface area contributed by atoms with Crippen LogP contribution in [0.3, 0.4) is 0 Å². The highest BCUT2D eigenvalue weighted by molar-refractivity contribution is 5.88. The van der Waals surface area contributed by atoms with Gasteiger partial charge in [0.15, 0.2) is 0 Å². The Labute approximate surface area is 144 Å². The first-order valence-corrected chi connectivity index (χ1v) is 9.30. The Morgan fingerprint density at radius 3 is 1.42 bits per heavy atom. The highest BCUT2D eigenvalue weighted by Crippen LogP contribution is 2.27. The Morgan fingerprint density at radius 2 is 1.04 bits per heavy atom. The van der Waals surface area contributed by atoms with Gasteiger partial charge in [-0.2, -0.15) is 0 Å². The smallest absolute Gasteiger partial charge is 0.224 e. The largest absolute Gasteiger partial charge is 0.353 e. The minimum Gasteiger partial charge on any atom is -0.353 e. The van der Waals surface area contributed by atoms with Gasteiger partial charge in [-0.3, -0.25) is 9.59 Å². The molecule has 4 nitrogen and oxygen atoms in total. The fourth-order valence-corrected chi connectivity index (χ4v) is 3.86. The first kappa shape index (κ1) is 17.0. The second-order valence-electron chi connectivity index (χ2n) is 7.14. The topological polar surface area (TPSA) is 58.2 Å². The molecule has 0 saturated carbocycles. The lowest BCUT2D eigenvalue weighted by Gasteiger charge is -2.30. The Kier molecular flexibility index (Phi) is 5.89. The van der Waals surface area contributed by atoms with Crippen LogP contribution in [-0.4, -0.2) is 23.9 Å². The maximum atomic E-state index is 12.7. The van der Waals surface area contributed by atoms with E-state index in [-0.39, 0.29) is 35.7 Å². The number of nitrogens with one attached hydrogen (secondary N) is 2. The van der Waals surface area contributed by atoms with Crippen molar-refractivity contribution in [1.29, 1.82) is 0 Å². The van der Waals surface area contributed by atoms with Crippen LogP contribution in [0.1, 0.15) is 51.4 Å². The van der Waals surface area contributed by atoms with Gasteiger partial charge in [-0.1, -0.05) is 36.5 Å². The first-order valence-electron chi connectivity index (χ1n) is 9.30. The highest BCUT2D eigenvalue weighted by Gasteiger charge is 2.35. The molecule has 0 aromatic carbocycles. The molecule has 0 aliphatic heterocycles. The zero-order valence-electron chi connectivity index (χ0n) is 14.2. The van der Waals surface area contributed by atoms with Crippen molar-refractivity contribution in [3.8, 4) is 0 Å². The number of rotatable bonds is 4. The molecule has 2 amide bonds. The van der Waals surface area contributed by atoms with E-state index in [1.807, 2.05) is 12.2 Å². The molecular formula is C20H28N2O2. The summed E-state index contributed by atoms with van der Waals surface area (Å²) >= 11 is 0. The van der Waals surface area contributed by atoms with Crippen molar-refractivity contribution in [3.63, 3.8) is 0 Å². The van der Waals surface area contributed by atoms with E-state index in [1.54, 1.807) is 0 Å². The molecule has 4 atom stereocenters. The Bertz CT molecular complexity index is 502. The van der Waals surface area contributed by atoms with Gasteiger partial charge in [0.05, 0.1) is 11.8 Å². The molecule has 0 aromatic heterocycles. The lowest BCUT2D eigenvalue weighted by molar-refractivity contribution is -0.135. The maximum absolute atomic E-state index is 12.7. The van der Waals surface area contributed by atoms with Crippen LogP contribution in [0, 0.1) is 11.8 Å². The summed E-state index contributed by atoms with van der Waals surface area (Å²) in [5, 5.41) is 6.32. The summed E-state index contributed by atoms with van der Waals surface area (Å²) < 4.78 is 0. The molecule has 130 valence electrons. The molecule has 0 heterocycles. The van der Waals surface area contributed by atoms with E-state index < -0.39 is 0 Å². The van der Waals surface area contributed by atoms with Crippen molar-refractivity contribution in [1.82, 2.24) is 10.6 Å². The standard InChI is InChI=1S/C20H28N2O2/c23-19(21-15-9-3-1-4-10-15)17-13-7-8-14-18(17)20(24)22-16-11-5-2-6-12-16/h1-3,5,7-8,15-18H,4,6,9-14H2,(H,21,23)(H,22,24)/t15-,16-,17-,18+/m1/s1. The molecule has 4 heteroatoms. The number of hydrogen-bond donors (Lipinski definition) is 2. The fraction of sp³-hybridized carbons (Fsp3) is 0.600. The Morgan fingerprint density at radius 1 is 0.625 bits per heavy atom. The Balaban J connectivity index is 1.58. The number of carbonyl (C=O) groups excluding carboxylic acids is 2. The van der Waals surface area contributed by atoms with Crippen molar-refractivity contribution in [2.75, 3.05) is 0 Å². The third kappa shape index (κ3) is 4.37. The van der Waals surface area contributed by atoms with Gasteiger partial charge in [0.1, 0.15) is 0 Å². The van der Waals surface area contributed by atoms with Crippen molar-refractivity contribution in [3.05, 3.63) is 36.5 Å². The predicted octanol–water partition coefficient (Wildman–Crippen LogP) is 3.02. The maximum Gasteiger partial charge on any atom is 0.224 e. The van der Waals surface area contributed by atoms with Gasteiger partial charge < -0.3 is 10.6 Å². The van der Waals surface area contributed by atoms with Crippen molar-refractivity contribution < 1.29 is 9.59 Å². The second-order valence-corrected chi connectivity index (χ2v) is 7.14. The first-order chi connectivity index (χ1) is 11.7. The van der Waals surface area contributed by atoms with Crippen molar-refractivity contribution in [2.24, 2.45) is 11.8 Å². The summed E-state index contributed by atoms with van der Waals surface area (Å²) in [6.45, 7) is 0. The number of carbonyl (C=O) groups is 2. The van der Waals surface area contributed by atoms with E-state index in [1.165, 1.54) is 0 Å². The quantitative estimate of drug-likeness (QED) is 0.779. The highest BCUT2D eigenvalue weighted by atomic mass is 16.2. The molecule has 0 bridgehead atoms. The van der Waals surface area contributed by atoms with Gasteiger partial charge in [-0.15, -0.1) is 0 Å². The van der Waals surface area contributed by atoms with E-state index >= 15 is 0 Å². The van der Waals surface area contributed by atoms with Crippen LogP contribution in [0.5, 0.6) is 0 Å². The molecule has 24 heavy (non-hydrogen) atoms. The van der Waals surface area contributed by atoms with Crippen LogP contribution in [-0.2, 0) is 9.59 Å². The zero-order valence-corrected chi connectivity index (χ0v) is 14.2. The molecule has 2 N–H and O–H groups in total. The van der Waals surface area contributed by atoms with Gasteiger partial charge >= 0.3 is 0 Å². The number of allylic oxidation sites excluding steroid dienone is 4. The summed E-state index contributed by atoms with van der Waals surface area (Å²) in [5.74, 6) is -0.383. The predicted molar refractivity (Wildman–Crippen MR) is 95.2 cm³/mol. The van der Waals surface area contributed by atoms with Gasteiger partial charge in [0.2, 0.25) is 11.8 Å². The van der Waals surface area contributed by atoms with E-state index in [4.69, 9.17) is 0 Å². The zero-order chi connectivity index (χ0) is 16.8. The lowest BCUT2D eigenvalue weighted by atomic mass is 9.81. The summed E-state index contributed by atoms with van der Waals surface area (Å²) in [5.41, 5.74) is 0. The lowest BCUT2D eigenvalue weighted by Crippen LogP contribution is -2.47. The van der Waals surface area contributed by atoms with Crippen molar-refractivity contribution >= 4 is 11.8 Å². The summed E-state index contributed by atoms with van der Waals surface area (Å²) in [4.78, 5) is 25.4.